The molecule has 0 aromatic heterocycles. The van der Waals surface area contributed by atoms with Crippen molar-refractivity contribution in [2.45, 2.75) is 43.8 Å². The Morgan fingerprint density at radius 2 is 1.95 bits per heavy atom. The molecule has 0 radical (unpaired) electrons. The van der Waals surface area contributed by atoms with E-state index in [0.717, 1.165) is 6.07 Å². The first-order chi connectivity index (χ1) is 9.53. The molecule has 1 unspecified atom stereocenters. The van der Waals surface area contributed by atoms with Crippen molar-refractivity contribution in [2.24, 2.45) is 5.14 Å². The van der Waals surface area contributed by atoms with Crippen molar-refractivity contribution in [3.05, 3.63) is 35.1 Å². The summed E-state index contributed by atoms with van der Waals surface area (Å²) in [6, 6.07) is 3.68. The Morgan fingerprint density at radius 1 is 1.38 bits per heavy atom. The molecule has 7 heteroatoms. The fourth-order valence-electron chi connectivity index (χ4n) is 2.23. The van der Waals surface area contributed by atoms with Crippen molar-refractivity contribution in [1.82, 2.24) is 0 Å². The van der Waals surface area contributed by atoms with Gasteiger partial charge in [0.1, 0.15) is 12.4 Å². The minimum atomic E-state index is -3.63. The number of aliphatic hydroxyl groups excluding tert-OH is 1. The van der Waals surface area contributed by atoms with E-state index in [-0.39, 0.29) is 12.0 Å². The summed E-state index contributed by atoms with van der Waals surface area (Å²) in [5, 5.41) is 14.1. The number of rotatable bonds is 6. The number of halogens is 3. The van der Waals surface area contributed by atoms with E-state index in [9.17, 15) is 17.4 Å². The summed E-state index contributed by atoms with van der Waals surface area (Å²) in [6.45, 7) is 3.54. The summed E-state index contributed by atoms with van der Waals surface area (Å²) in [5.41, 5.74) is -0.736. The molecule has 0 amide bonds. The average Bonchev–Trinajstić information content (AvgIpc) is 2.37. The molecular weight excluding hydrogens is 303 g/mol. The van der Waals surface area contributed by atoms with Crippen LogP contribution in [0.4, 0.5) is 13.2 Å². The van der Waals surface area contributed by atoms with Crippen molar-refractivity contribution < 1.29 is 22.5 Å². The monoisotopic (exact) mass is 323 g/mol. The highest BCUT2D eigenvalue weighted by Crippen LogP contribution is 2.35. The highest BCUT2D eigenvalue weighted by Gasteiger charge is 2.36. The summed E-state index contributed by atoms with van der Waals surface area (Å²) < 4.78 is 51.9. The second-order valence-electron chi connectivity index (χ2n) is 5.73. The molecule has 0 aliphatic carbocycles. The van der Waals surface area contributed by atoms with Crippen molar-refractivity contribution in [1.29, 1.82) is 0 Å². The minimum absolute atomic E-state index is 0.0964. The van der Waals surface area contributed by atoms with Gasteiger partial charge in [0.15, 0.2) is 0 Å². The Morgan fingerprint density at radius 3 is 2.43 bits per heavy atom. The smallest absolute Gasteiger partial charge is 0.298 e. The molecular formula is C14H20F3NO2S. The molecule has 3 nitrogen and oxygen atoms in total. The first-order valence-electron chi connectivity index (χ1n) is 6.47. The lowest BCUT2D eigenvalue weighted by Gasteiger charge is -2.26. The van der Waals surface area contributed by atoms with Crippen LogP contribution in [0.1, 0.15) is 44.2 Å². The lowest BCUT2D eigenvalue weighted by atomic mass is 9.89. The predicted molar refractivity (Wildman–Crippen MR) is 76.8 cm³/mol. The first kappa shape index (κ1) is 18.1. The van der Waals surface area contributed by atoms with Gasteiger partial charge in [-0.15, -0.1) is 0 Å². The van der Waals surface area contributed by atoms with E-state index in [0.29, 0.717) is 0 Å². The van der Waals surface area contributed by atoms with Crippen LogP contribution >= 0.6 is 0 Å². The molecule has 0 saturated heterocycles. The van der Waals surface area contributed by atoms with E-state index in [4.69, 9.17) is 10.2 Å². The SMILES string of the molecule is C[C@H](CC(C)(C)S(N)=O)c1cccc(C(F)(F)CO)c1F. The van der Waals surface area contributed by atoms with Gasteiger partial charge in [0, 0.05) is 0 Å². The van der Waals surface area contributed by atoms with Crippen LogP contribution in [0.2, 0.25) is 0 Å². The quantitative estimate of drug-likeness (QED) is 0.845. The van der Waals surface area contributed by atoms with Crippen LogP contribution in [-0.4, -0.2) is 20.7 Å². The topological polar surface area (TPSA) is 63.3 Å². The van der Waals surface area contributed by atoms with Crippen LogP contribution in [-0.2, 0) is 16.9 Å². The van der Waals surface area contributed by atoms with E-state index in [1.165, 1.54) is 12.1 Å². The standard InChI is InChI=1S/C14H20F3NO2S/c1-9(7-13(2,3)21(18)20)10-5-4-6-11(12(10)15)14(16,17)8-19/h4-6,9,19H,7-8,18H2,1-3H3/t9-,21?/m1/s1. The van der Waals surface area contributed by atoms with E-state index >= 15 is 0 Å². The van der Waals surface area contributed by atoms with Gasteiger partial charge in [-0.1, -0.05) is 19.1 Å². The number of alkyl halides is 2. The Balaban J connectivity index is 3.15. The summed E-state index contributed by atoms with van der Waals surface area (Å²) in [7, 11) is -1.61. The number of nitrogens with two attached hydrogens (primary N) is 1. The average molecular weight is 323 g/mol. The predicted octanol–water partition coefficient (Wildman–Crippen LogP) is 2.80. The van der Waals surface area contributed by atoms with Crippen LogP contribution in [0.15, 0.2) is 18.2 Å². The fraction of sp³-hybridized carbons (Fsp3) is 0.571. The fourth-order valence-corrected chi connectivity index (χ4v) is 2.64. The number of aliphatic hydroxyl groups is 1. The second-order valence-corrected chi connectivity index (χ2v) is 7.43. The van der Waals surface area contributed by atoms with Gasteiger partial charge >= 0.3 is 0 Å². The maximum absolute atomic E-state index is 14.3. The molecule has 3 N–H and O–H groups in total. The first-order valence-corrected chi connectivity index (χ1v) is 7.68. The van der Waals surface area contributed by atoms with Gasteiger partial charge in [-0.3, -0.25) is 5.14 Å². The van der Waals surface area contributed by atoms with E-state index in [2.05, 4.69) is 0 Å². The van der Waals surface area contributed by atoms with E-state index in [1.807, 2.05) is 0 Å². The maximum Gasteiger partial charge on any atom is 0.298 e. The summed E-state index contributed by atoms with van der Waals surface area (Å²) in [4.78, 5) is 0. The molecule has 0 bridgehead atoms. The molecule has 0 aliphatic heterocycles. The van der Waals surface area contributed by atoms with Gasteiger partial charge in [-0.05, 0) is 37.8 Å². The molecule has 120 valence electrons. The van der Waals surface area contributed by atoms with Gasteiger partial charge in [-0.2, -0.15) is 8.78 Å². The Labute approximate surface area is 124 Å². The van der Waals surface area contributed by atoms with Crippen LogP contribution in [0.25, 0.3) is 0 Å². The molecule has 0 saturated carbocycles. The zero-order valence-electron chi connectivity index (χ0n) is 12.2. The molecule has 1 rings (SSSR count). The zero-order chi connectivity index (χ0) is 16.4. The summed E-state index contributed by atoms with van der Waals surface area (Å²) in [6.07, 6.45) is 0.279. The van der Waals surface area contributed by atoms with Crippen molar-refractivity contribution >= 4 is 11.0 Å². The van der Waals surface area contributed by atoms with E-state index < -0.39 is 45.6 Å². The maximum atomic E-state index is 14.3. The zero-order valence-corrected chi connectivity index (χ0v) is 13.0. The largest absolute Gasteiger partial charge is 0.390 e. The lowest BCUT2D eigenvalue weighted by Crippen LogP contribution is -2.33. The molecule has 0 aliphatic rings. The van der Waals surface area contributed by atoms with Gasteiger partial charge in [-0.25, -0.2) is 8.60 Å². The Hall–Kier alpha value is -0.920. The van der Waals surface area contributed by atoms with Crippen molar-refractivity contribution in [3.8, 4) is 0 Å². The second kappa shape index (κ2) is 6.46. The van der Waals surface area contributed by atoms with Crippen LogP contribution in [0.3, 0.4) is 0 Å². The van der Waals surface area contributed by atoms with Gasteiger partial charge in [0.25, 0.3) is 5.92 Å². The van der Waals surface area contributed by atoms with Gasteiger partial charge < -0.3 is 5.11 Å². The van der Waals surface area contributed by atoms with E-state index in [1.54, 1.807) is 20.8 Å². The highest BCUT2D eigenvalue weighted by atomic mass is 32.2. The third-order valence-corrected chi connectivity index (χ3v) is 4.75. The summed E-state index contributed by atoms with van der Waals surface area (Å²) in [5.74, 6) is -5.11. The number of benzene rings is 1. The van der Waals surface area contributed by atoms with Crippen molar-refractivity contribution in [3.63, 3.8) is 0 Å². The Bertz CT molecular complexity index is 535. The summed E-state index contributed by atoms with van der Waals surface area (Å²) >= 11 is 0. The van der Waals surface area contributed by atoms with Crippen molar-refractivity contribution in [2.75, 3.05) is 6.61 Å². The van der Waals surface area contributed by atoms with Gasteiger partial charge in [0.2, 0.25) is 0 Å². The number of hydrogen-bond acceptors (Lipinski definition) is 2. The molecule has 0 heterocycles. The van der Waals surface area contributed by atoms with Crippen LogP contribution in [0, 0.1) is 5.82 Å². The third kappa shape index (κ3) is 4.05. The molecule has 2 atom stereocenters. The number of hydrogen-bond donors (Lipinski definition) is 2. The van der Waals surface area contributed by atoms with Crippen LogP contribution in [0.5, 0.6) is 0 Å². The highest BCUT2D eigenvalue weighted by molar-refractivity contribution is 7.84. The Kier molecular flexibility index (Phi) is 5.57. The molecule has 1 aromatic rings. The molecule has 0 spiro atoms. The normalized spacial score (nSPS) is 15.8. The van der Waals surface area contributed by atoms with Gasteiger partial charge in [0.05, 0.1) is 21.3 Å². The third-order valence-electron chi connectivity index (χ3n) is 3.49. The molecule has 0 fully saturated rings. The molecule has 21 heavy (non-hydrogen) atoms. The lowest BCUT2D eigenvalue weighted by molar-refractivity contribution is -0.0584. The minimum Gasteiger partial charge on any atom is -0.390 e. The molecule has 1 aromatic carbocycles. The van der Waals surface area contributed by atoms with Crippen LogP contribution < -0.4 is 5.14 Å².